The smallest absolute Gasteiger partial charge is 0.270 e. The van der Waals surface area contributed by atoms with E-state index < -0.39 is 0 Å². The first-order valence-corrected chi connectivity index (χ1v) is 9.22. The fourth-order valence-electron chi connectivity index (χ4n) is 4.77. The Morgan fingerprint density at radius 2 is 2.16 bits per heavy atom. The molecule has 2 saturated heterocycles. The largest absolute Gasteiger partial charge is 0.496 e. The van der Waals surface area contributed by atoms with Crippen LogP contribution in [0, 0.1) is 0 Å². The van der Waals surface area contributed by atoms with Crippen molar-refractivity contribution in [3.05, 3.63) is 30.0 Å². The van der Waals surface area contributed by atoms with Crippen molar-refractivity contribution in [1.29, 1.82) is 0 Å². The topological polar surface area (TPSA) is 48.6 Å². The molecule has 5 nitrogen and oxygen atoms in total. The van der Waals surface area contributed by atoms with Gasteiger partial charge in [-0.2, -0.15) is 0 Å². The third-order valence-electron chi connectivity index (χ3n) is 6.35. The van der Waals surface area contributed by atoms with Gasteiger partial charge in [0.25, 0.3) is 5.91 Å². The number of carbonyl (C=O) groups excluding carboxylic acids is 1. The summed E-state index contributed by atoms with van der Waals surface area (Å²) in [5, 5.41) is 0.967. The van der Waals surface area contributed by atoms with Gasteiger partial charge in [0.05, 0.1) is 13.2 Å². The van der Waals surface area contributed by atoms with E-state index in [-0.39, 0.29) is 11.4 Å². The quantitative estimate of drug-likeness (QED) is 0.912. The lowest BCUT2D eigenvalue weighted by Gasteiger charge is -2.55. The number of benzene rings is 1. The zero-order valence-electron chi connectivity index (χ0n) is 15.3. The molecule has 3 heterocycles. The Bertz CT molecular complexity index is 799. The van der Waals surface area contributed by atoms with E-state index in [2.05, 4.69) is 28.8 Å². The van der Waals surface area contributed by atoms with Crippen molar-refractivity contribution in [2.24, 2.45) is 0 Å². The number of aromatic nitrogens is 1. The molecule has 2 atom stereocenters. The van der Waals surface area contributed by atoms with Crippen LogP contribution in [0.5, 0.6) is 5.75 Å². The first-order valence-electron chi connectivity index (χ1n) is 9.22. The highest BCUT2D eigenvalue weighted by Gasteiger charge is 2.47. The number of aromatic amines is 1. The molecule has 1 aromatic carbocycles. The lowest BCUT2D eigenvalue weighted by molar-refractivity contribution is -0.0349. The molecule has 1 aromatic heterocycles. The molecule has 4 rings (SSSR count). The zero-order chi connectivity index (χ0) is 17.6. The Morgan fingerprint density at radius 1 is 1.32 bits per heavy atom. The number of amides is 1. The number of likely N-dealkylation sites (tertiary alicyclic amines) is 2. The summed E-state index contributed by atoms with van der Waals surface area (Å²) < 4.78 is 5.43. The Balaban J connectivity index is 1.68. The number of ether oxygens (including phenoxy) is 1. The summed E-state index contributed by atoms with van der Waals surface area (Å²) in [6, 6.07) is 8.09. The Labute approximate surface area is 148 Å². The molecule has 0 bridgehead atoms. The third-order valence-corrected chi connectivity index (χ3v) is 6.35. The van der Waals surface area contributed by atoms with Gasteiger partial charge in [-0.1, -0.05) is 6.07 Å². The van der Waals surface area contributed by atoms with Crippen LogP contribution in [-0.4, -0.2) is 59.5 Å². The van der Waals surface area contributed by atoms with E-state index >= 15 is 0 Å². The number of carbonyl (C=O) groups is 1. The molecule has 0 aliphatic carbocycles. The van der Waals surface area contributed by atoms with Crippen molar-refractivity contribution in [1.82, 2.24) is 14.8 Å². The maximum absolute atomic E-state index is 13.3. The van der Waals surface area contributed by atoms with Gasteiger partial charge in [-0.3, -0.25) is 9.69 Å². The Hall–Kier alpha value is -2.01. The van der Waals surface area contributed by atoms with Gasteiger partial charge in [-0.25, -0.2) is 0 Å². The van der Waals surface area contributed by atoms with E-state index in [4.69, 9.17) is 4.74 Å². The summed E-state index contributed by atoms with van der Waals surface area (Å²) >= 11 is 0. The fourth-order valence-corrected chi connectivity index (χ4v) is 4.77. The van der Waals surface area contributed by atoms with Crippen LogP contribution in [0.2, 0.25) is 0 Å². The second-order valence-corrected chi connectivity index (χ2v) is 7.64. The van der Waals surface area contributed by atoms with E-state index in [1.54, 1.807) is 7.11 Å². The van der Waals surface area contributed by atoms with Crippen molar-refractivity contribution in [2.45, 2.75) is 44.2 Å². The summed E-state index contributed by atoms with van der Waals surface area (Å²) in [5.41, 5.74) is 1.70. The molecule has 25 heavy (non-hydrogen) atoms. The number of hydrogen-bond acceptors (Lipinski definition) is 3. The number of nitrogens with zero attached hydrogens (tertiary/aromatic N) is 2. The zero-order valence-corrected chi connectivity index (χ0v) is 15.3. The first-order chi connectivity index (χ1) is 12.0. The molecule has 2 aliphatic rings. The highest BCUT2D eigenvalue weighted by Crippen LogP contribution is 2.39. The lowest BCUT2D eigenvalue weighted by Crippen LogP contribution is -2.66. The monoisotopic (exact) mass is 341 g/mol. The van der Waals surface area contributed by atoms with Crippen molar-refractivity contribution in [2.75, 3.05) is 27.2 Å². The average molecular weight is 341 g/mol. The van der Waals surface area contributed by atoms with Gasteiger partial charge in [0.1, 0.15) is 11.4 Å². The molecular formula is C20H27N3O2. The first kappa shape index (κ1) is 16.5. The number of H-pyrrole nitrogens is 1. The Kier molecular flexibility index (Phi) is 3.99. The molecule has 0 unspecified atom stereocenters. The van der Waals surface area contributed by atoms with Gasteiger partial charge in [-0.05, 0) is 64.4 Å². The van der Waals surface area contributed by atoms with Crippen LogP contribution >= 0.6 is 0 Å². The van der Waals surface area contributed by atoms with Crippen LogP contribution in [0.4, 0.5) is 0 Å². The summed E-state index contributed by atoms with van der Waals surface area (Å²) in [6.45, 7) is 4.29. The van der Waals surface area contributed by atoms with Crippen LogP contribution in [0.1, 0.15) is 43.1 Å². The number of hydrogen-bond donors (Lipinski definition) is 1. The highest BCUT2D eigenvalue weighted by molar-refractivity contribution is 6.00. The minimum Gasteiger partial charge on any atom is -0.496 e. The van der Waals surface area contributed by atoms with E-state index in [0.29, 0.717) is 11.7 Å². The third kappa shape index (κ3) is 2.53. The summed E-state index contributed by atoms with van der Waals surface area (Å²) in [5.74, 6) is 0.915. The molecule has 2 aromatic rings. The van der Waals surface area contributed by atoms with Crippen LogP contribution in [0.3, 0.4) is 0 Å². The van der Waals surface area contributed by atoms with Gasteiger partial charge in [0, 0.05) is 23.0 Å². The van der Waals surface area contributed by atoms with Gasteiger partial charge in [0.2, 0.25) is 0 Å². The van der Waals surface area contributed by atoms with Crippen LogP contribution < -0.4 is 4.74 Å². The van der Waals surface area contributed by atoms with Gasteiger partial charge in [0.15, 0.2) is 0 Å². The molecule has 0 saturated carbocycles. The Morgan fingerprint density at radius 3 is 2.96 bits per heavy atom. The maximum atomic E-state index is 13.3. The van der Waals surface area contributed by atoms with E-state index in [1.807, 2.05) is 24.3 Å². The lowest BCUT2D eigenvalue weighted by atomic mass is 9.76. The van der Waals surface area contributed by atoms with Crippen molar-refractivity contribution in [3.8, 4) is 5.75 Å². The molecule has 1 amide bonds. The van der Waals surface area contributed by atoms with Crippen LogP contribution in [-0.2, 0) is 0 Å². The second-order valence-electron chi connectivity index (χ2n) is 7.64. The number of likely N-dealkylation sites (N-methyl/N-ethyl adjacent to an activating group) is 1. The van der Waals surface area contributed by atoms with Crippen molar-refractivity contribution >= 4 is 16.8 Å². The maximum Gasteiger partial charge on any atom is 0.270 e. The number of piperidine rings is 2. The fraction of sp³-hybridized carbons (Fsp3) is 0.550. The van der Waals surface area contributed by atoms with Crippen molar-refractivity contribution in [3.63, 3.8) is 0 Å². The molecular weight excluding hydrogens is 314 g/mol. The van der Waals surface area contributed by atoms with Crippen molar-refractivity contribution < 1.29 is 9.53 Å². The standard InChI is InChI=1S/C20H27N3O2/c1-20-10-6-12-23(18(20)9-5-11-22(20)2)19(24)16-13-14-15(21-16)7-4-8-17(14)25-3/h4,7-8,13,18,21H,5-6,9-12H2,1-3H3/t18-,20-/m0/s1. The number of fused-ring (bicyclic) bond motifs is 2. The molecule has 0 spiro atoms. The summed E-state index contributed by atoms with van der Waals surface area (Å²) in [4.78, 5) is 21.2. The van der Waals surface area contributed by atoms with Gasteiger partial charge >= 0.3 is 0 Å². The SMILES string of the molecule is COc1cccc2[nH]c(C(=O)N3CCC[C@@]4(C)[C@@H]3CCCN4C)cc12. The normalized spacial score (nSPS) is 27.3. The van der Waals surface area contributed by atoms with Gasteiger partial charge in [-0.15, -0.1) is 0 Å². The predicted molar refractivity (Wildman–Crippen MR) is 99.2 cm³/mol. The molecule has 134 valence electrons. The molecule has 5 heteroatoms. The number of nitrogens with one attached hydrogen (secondary N) is 1. The minimum atomic E-state index is 0.0931. The van der Waals surface area contributed by atoms with Crippen LogP contribution in [0.25, 0.3) is 10.9 Å². The predicted octanol–water partition coefficient (Wildman–Crippen LogP) is 3.27. The highest BCUT2D eigenvalue weighted by atomic mass is 16.5. The summed E-state index contributed by atoms with van der Waals surface area (Å²) in [7, 11) is 3.87. The number of rotatable bonds is 2. The minimum absolute atomic E-state index is 0.0931. The average Bonchev–Trinajstić information content (AvgIpc) is 3.06. The number of methoxy groups -OCH3 is 1. The molecule has 2 aliphatic heterocycles. The second kappa shape index (κ2) is 6.06. The van der Waals surface area contributed by atoms with E-state index in [0.717, 1.165) is 49.0 Å². The van der Waals surface area contributed by atoms with E-state index in [9.17, 15) is 4.79 Å². The van der Waals surface area contributed by atoms with Gasteiger partial charge < -0.3 is 14.6 Å². The molecule has 2 fully saturated rings. The van der Waals surface area contributed by atoms with Crippen LogP contribution in [0.15, 0.2) is 24.3 Å². The van der Waals surface area contributed by atoms with E-state index in [1.165, 1.54) is 6.42 Å². The molecule has 1 N–H and O–H groups in total. The summed E-state index contributed by atoms with van der Waals surface area (Å²) in [6.07, 6.45) is 4.47. The molecule has 0 radical (unpaired) electrons.